The largest absolute Gasteiger partial charge is 0.419 e. The van der Waals surface area contributed by atoms with Crippen LogP contribution in [0.3, 0.4) is 0 Å². The van der Waals surface area contributed by atoms with Crippen LogP contribution in [0.5, 0.6) is 0 Å². The van der Waals surface area contributed by atoms with Gasteiger partial charge in [0.05, 0.1) is 12.6 Å². The van der Waals surface area contributed by atoms with Crippen LogP contribution in [-0.2, 0) is 13.0 Å². The first-order valence-electron chi connectivity index (χ1n) is 8.60. The smallest absolute Gasteiger partial charge is 0.247 e. The van der Waals surface area contributed by atoms with Crippen molar-refractivity contribution in [2.75, 3.05) is 6.54 Å². The maximum absolute atomic E-state index is 5.95. The third-order valence-electron chi connectivity index (χ3n) is 4.70. The van der Waals surface area contributed by atoms with Crippen molar-refractivity contribution >= 4 is 22.7 Å². The Morgan fingerprint density at radius 2 is 1.92 bits per heavy atom. The molecule has 0 radical (unpaired) electrons. The zero-order chi connectivity index (χ0) is 17.3. The van der Waals surface area contributed by atoms with Gasteiger partial charge in [0.1, 0.15) is 0 Å². The van der Waals surface area contributed by atoms with E-state index >= 15 is 0 Å². The Labute approximate surface area is 159 Å². The van der Waals surface area contributed by atoms with E-state index in [0.29, 0.717) is 18.3 Å². The molecule has 130 valence electrons. The lowest BCUT2D eigenvalue weighted by molar-refractivity contribution is 0.189. The molecule has 0 saturated heterocycles. The predicted octanol–water partition coefficient (Wildman–Crippen LogP) is 5.01. The fourth-order valence-electron chi connectivity index (χ4n) is 3.51. The molecular weight excluding hydrogens is 362 g/mol. The average molecular weight is 380 g/mol. The lowest BCUT2D eigenvalue weighted by atomic mass is 9.98. The number of benzene rings is 1. The number of nitrogens with zero attached hydrogens (tertiary/aromatic N) is 3. The monoisotopic (exact) mass is 379 g/mol. The first-order chi connectivity index (χ1) is 12.9. The van der Waals surface area contributed by atoms with Gasteiger partial charge in [-0.25, -0.2) is 0 Å². The quantitative estimate of drug-likeness (QED) is 0.500. The zero-order valence-electron chi connectivity index (χ0n) is 14.0. The van der Waals surface area contributed by atoms with Crippen LogP contribution in [0.1, 0.15) is 27.3 Å². The highest BCUT2D eigenvalue weighted by atomic mass is 32.1. The maximum atomic E-state index is 5.95. The van der Waals surface area contributed by atoms with Crippen molar-refractivity contribution in [1.82, 2.24) is 15.1 Å². The number of fused-ring (bicyclic) bond motifs is 1. The molecule has 0 amide bonds. The van der Waals surface area contributed by atoms with Gasteiger partial charge in [-0.05, 0) is 47.0 Å². The molecule has 5 rings (SSSR count). The summed E-state index contributed by atoms with van der Waals surface area (Å²) in [6.07, 6.45) is 1.08. The van der Waals surface area contributed by atoms with Gasteiger partial charge in [0, 0.05) is 21.9 Å². The summed E-state index contributed by atoms with van der Waals surface area (Å²) in [4.78, 5) is 5.31. The number of rotatable bonds is 4. The van der Waals surface area contributed by atoms with Crippen LogP contribution in [0.25, 0.3) is 11.5 Å². The van der Waals surface area contributed by atoms with Gasteiger partial charge in [0.2, 0.25) is 11.8 Å². The Balaban J connectivity index is 1.44. The van der Waals surface area contributed by atoms with E-state index in [2.05, 4.69) is 44.1 Å². The number of aromatic nitrogens is 2. The molecule has 0 saturated carbocycles. The molecule has 1 aliphatic rings. The van der Waals surface area contributed by atoms with E-state index in [9.17, 15) is 0 Å². The van der Waals surface area contributed by atoms with E-state index in [4.69, 9.17) is 4.42 Å². The van der Waals surface area contributed by atoms with Crippen molar-refractivity contribution in [1.29, 1.82) is 0 Å². The van der Waals surface area contributed by atoms with Crippen LogP contribution in [-0.4, -0.2) is 21.6 Å². The molecule has 1 aromatic carbocycles. The number of hydrogen-bond acceptors (Lipinski definition) is 6. The maximum Gasteiger partial charge on any atom is 0.247 e. The van der Waals surface area contributed by atoms with Gasteiger partial charge in [0.25, 0.3) is 0 Å². The summed E-state index contributed by atoms with van der Waals surface area (Å²) in [7, 11) is 0. The van der Waals surface area contributed by atoms with Gasteiger partial charge < -0.3 is 4.42 Å². The highest BCUT2D eigenvalue weighted by molar-refractivity contribution is 7.10. The standard InChI is InChI=1S/C20H17N3OS2/c1-2-5-14(6-3-1)20-22-21-18(24-20)13-23-10-8-16-15(9-12-26-16)19(23)17-7-4-11-25-17/h1-7,9,11-12,19H,8,10,13H2. The molecule has 0 spiro atoms. The highest BCUT2D eigenvalue weighted by Crippen LogP contribution is 2.40. The van der Waals surface area contributed by atoms with E-state index in [0.717, 1.165) is 18.5 Å². The van der Waals surface area contributed by atoms with Crippen LogP contribution in [0.2, 0.25) is 0 Å². The molecule has 4 aromatic rings. The second kappa shape index (κ2) is 6.79. The minimum Gasteiger partial charge on any atom is -0.419 e. The summed E-state index contributed by atoms with van der Waals surface area (Å²) in [6, 6.07) is 16.8. The SMILES string of the molecule is c1ccc(-c2nnc(CN3CCc4sccc4C3c3cccs3)o2)cc1. The molecule has 6 heteroatoms. The van der Waals surface area contributed by atoms with Gasteiger partial charge in [0.15, 0.2) is 0 Å². The average Bonchev–Trinajstić information content (AvgIpc) is 3.44. The minimum atomic E-state index is 0.275. The van der Waals surface area contributed by atoms with E-state index in [1.54, 1.807) is 0 Å². The lowest BCUT2D eigenvalue weighted by Gasteiger charge is -2.34. The van der Waals surface area contributed by atoms with Crippen molar-refractivity contribution in [2.45, 2.75) is 19.0 Å². The second-order valence-electron chi connectivity index (χ2n) is 6.30. The summed E-state index contributed by atoms with van der Waals surface area (Å²) < 4.78 is 5.95. The molecule has 1 atom stereocenters. The first-order valence-corrected chi connectivity index (χ1v) is 10.4. The molecule has 4 heterocycles. The summed E-state index contributed by atoms with van der Waals surface area (Å²) in [6.45, 7) is 1.66. The fourth-order valence-corrected chi connectivity index (χ4v) is 5.29. The molecule has 26 heavy (non-hydrogen) atoms. The number of thiophene rings is 2. The summed E-state index contributed by atoms with van der Waals surface area (Å²) in [5, 5.41) is 12.9. The van der Waals surface area contributed by atoms with Crippen LogP contribution >= 0.6 is 22.7 Å². The summed E-state index contributed by atoms with van der Waals surface area (Å²) >= 11 is 3.67. The molecule has 0 fully saturated rings. The number of hydrogen-bond donors (Lipinski definition) is 0. The fraction of sp³-hybridized carbons (Fsp3) is 0.200. The molecule has 4 nitrogen and oxygen atoms in total. The van der Waals surface area contributed by atoms with E-state index in [1.807, 2.05) is 53.0 Å². The van der Waals surface area contributed by atoms with Crippen molar-refractivity contribution < 1.29 is 4.42 Å². The zero-order valence-corrected chi connectivity index (χ0v) is 15.7. The van der Waals surface area contributed by atoms with Gasteiger partial charge in [-0.15, -0.1) is 32.9 Å². The predicted molar refractivity (Wildman–Crippen MR) is 104 cm³/mol. The summed E-state index contributed by atoms with van der Waals surface area (Å²) in [5.41, 5.74) is 2.38. The normalized spacial score (nSPS) is 17.3. The third-order valence-corrected chi connectivity index (χ3v) is 6.63. The molecular formula is C20H17N3OS2. The molecule has 0 N–H and O–H groups in total. The molecule has 1 aliphatic heterocycles. The minimum absolute atomic E-state index is 0.275. The summed E-state index contributed by atoms with van der Waals surface area (Å²) in [5.74, 6) is 1.26. The van der Waals surface area contributed by atoms with E-state index in [-0.39, 0.29) is 6.04 Å². The van der Waals surface area contributed by atoms with Crippen LogP contribution < -0.4 is 0 Å². The van der Waals surface area contributed by atoms with Gasteiger partial charge in [-0.3, -0.25) is 4.90 Å². The molecule has 3 aromatic heterocycles. The van der Waals surface area contributed by atoms with Crippen molar-refractivity contribution in [3.05, 3.63) is 80.5 Å². The van der Waals surface area contributed by atoms with E-state index in [1.165, 1.54) is 15.3 Å². The second-order valence-corrected chi connectivity index (χ2v) is 8.28. The van der Waals surface area contributed by atoms with E-state index < -0.39 is 0 Å². The van der Waals surface area contributed by atoms with Crippen LogP contribution in [0, 0.1) is 0 Å². The van der Waals surface area contributed by atoms with Crippen molar-refractivity contribution in [3.63, 3.8) is 0 Å². The van der Waals surface area contributed by atoms with Gasteiger partial charge in [-0.1, -0.05) is 24.3 Å². The Morgan fingerprint density at radius 3 is 2.77 bits per heavy atom. The van der Waals surface area contributed by atoms with Crippen LogP contribution in [0.15, 0.2) is 63.7 Å². The first kappa shape index (κ1) is 15.9. The van der Waals surface area contributed by atoms with Crippen molar-refractivity contribution in [3.8, 4) is 11.5 Å². The van der Waals surface area contributed by atoms with Gasteiger partial charge in [-0.2, -0.15) is 0 Å². The molecule has 0 bridgehead atoms. The highest BCUT2D eigenvalue weighted by Gasteiger charge is 2.31. The molecule has 0 aliphatic carbocycles. The van der Waals surface area contributed by atoms with Crippen LogP contribution in [0.4, 0.5) is 0 Å². The van der Waals surface area contributed by atoms with Crippen molar-refractivity contribution in [2.24, 2.45) is 0 Å². The third kappa shape index (κ3) is 2.90. The lowest BCUT2D eigenvalue weighted by Crippen LogP contribution is -2.34. The Hall–Kier alpha value is -2.28. The topological polar surface area (TPSA) is 42.2 Å². The Kier molecular flexibility index (Phi) is 4.16. The van der Waals surface area contributed by atoms with Gasteiger partial charge >= 0.3 is 0 Å². The molecule has 1 unspecified atom stereocenters. The Morgan fingerprint density at radius 1 is 1.00 bits per heavy atom. The Bertz CT molecular complexity index is 991.